The molecule has 0 radical (unpaired) electrons. The molecule has 3 unspecified atom stereocenters. The van der Waals surface area contributed by atoms with Crippen molar-refractivity contribution in [3.63, 3.8) is 0 Å². The molecule has 12 nitrogen and oxygen atoms in total. The Morgan fingerprint density at radius 1 is 1.03 bits per heavy atom. The number of benzene rings is 1. The summed E-state index contributed by atoms with van der Waals surface area (Å²) in [5.41, 5.74) is 12.9. The van der Waals surface area contributed by atoms with Crippen LogP contribution >= 0.6 is 12.6 Å². The second kappa shape index (κ2) is 11.9. The highest BCUT2D eigenvalue weighted by Crippen LogP contribution is 2.18. The van der Waals surface area contributed by atoms with Gasteiger partial charge in [0.1, 0.15) is 18.6 Å². The first kappa shape index (κ1) is 25.7. The van der Waals surface area contributed by atoms with Gasteiger partial charge >= 0.3 is 5.97 Å². The number of amides is 4. The Morgan fingerprint density at radius 2 is 1.70 bits per heavy atom. The molecule has 13 heteroatoms. The fraction of sp³-hybridized carbons (Fsp3) is 0.350. The van der Waals surface area contributed by atoms with Crippen LogP contribution < -0.4 is 27.4 Å². The zero-order valence-corrected chi connectivity index (χ0v) is 18.4. The van der Waals surface area contributed by atoms with E-state index in [0.29, 0.717) is 0 Å². The van der Waals surface area contributed by atoms with E-state index in [4.69, 9.17) is 16.6 Å². The Morgan fingerprint density at radius 3 is 2.33 bits per heavy atom. The van der Waals surface area contributed by atoms with E-state index >= 15 is 0 Å². The van der Waals surface area contributed by atoms with Crippen LogP contribution in [-0.4, -0.2) is 70.1 Å². The molecule has 1 heterocycles. The molecule has 178 valence electrons. The number of fused-ring (bicyclic) bond motifs is 1. The number of nitrogens with one attached hydrogen (secondary N) is 4. The van der Waals surface area contributed by atoms with Gasteiger partial charge in [0.2, 0.25) is 23.6 Å². The van der Waals surface area contributed by atoms with Crippen molar-refractivity contribution in [1.29, 1.82) is 0 Å². The van der Waals surface area contributed by atoms with Gasteiger partial charge in [-0.25, -0.2) is 0 Å². The summed E-state index contributed by atoms with van der Waals surface area (Å²) in [5, 5.41) is 16.4. The van der Waals surface area contributed by atoms with Crippen LogP contribution in [0.25, 0.3) is 10.9 Å². The van der Waals surface area contributed by atoms with Crippen LogP contribution in [0.5, 0.6) is 0 Å². The number of carbonyl (C=O) groups excluding carboxylic acids is 4. The number of carboxylic acids is 1. The minimum atomic E-state index is -1.42. The van der Waals surface area contributed by atoms with E-state index in [1.807, 2.05) is 24.3 Å². The van der Waals surface area contributed by atoms with Crippen LogP contribution in [-0.2, 0) is 30.4 Å². The van der Waals surface area contributed by atoms with Gasteiger partial charge in [-0.15, -0.1) is 0 Å². The van der Waals surface area contributed by atoms with Gasteiger partial charge in [0.05, 0.1) is 12.5 Å². The summed E-state index contributed by atoms with van der Waals surface area (Å²) < 4.78 is 0. The number of nitrogens with two attached hydrogens (primary N) is 2. The van der Waals surface area contributed by atoms with Crippen molar-refractivity contribution in [1.82, 2.24) is 20.9 Å². The number of aromatic nitrogens is 1. The number of aliphatic carboxylic acids is 1. The number of H-pyrrole nitrogens is 1. The number of rotatable bonds is 12. The molecule has 0 aliphatic heterocycles. The first-order valence-electron chi connectivity index (χ1n) is 9.92. The summed E-state index contributed by atoms with van der Waals surface area (Å²) >= 11 is 4.06. The molecular formula is C20H26N6O6S. The molecule has 33 heavy (non-hydrogen) atoms. The van der Waals surface area contributed by atoms with Gasteiger partial charge in [-0.3, -0.25) is 24.0 Å². The third kappa shape index (κ3) is 7.50. The van der Waals surface area contributed by atoms with Crippen molar-refractivity contribution in [2.24, 2.45) is 11.5 Å². The average molecular weight is 479 g/mol. The van der Waals surface area contributed by atoms with E-state index in [2.05, 4.69) is 33.6 Å². The Hall–Kier alpha value is -3.58. The minimum Gasteiger partial charge on any atom is -0.480 e. The van der Waals surface area contributed by atoms with Crippen molar-refractivity contribution >= 4 is 53.1 Å². The lowest BCUT2D eigenvalue weighted by molar-refractivity contribution is -0.138. The Labute approximate surface area is 194 Å². The number of carbonyl (C=O) groups is 5. The largest absolute Gasteiger partial charge is 0.480 e. The monoisotopic (exact) mass is 478 g/mol. The molecule has 0 spiro atoms. The van der Waals surface area contributed by atoms with E-state index in [9.17, 15) is 24.0 Å². The molecule has 2 rings (SSSR count). The van der Waals surface area contributed by atoms with Crippen LogP contribution in [0.4, 0.5) is 0 Å². The predicted octanol–water partition coefficient (Wildman–Crippen LogP) is -1.99. The molecule has 0 saturated heterocycles. The molecule has 1 aromatic heterocycles. The van der Waals surface area contributed by atoms with E-state index in [0.717, 1.165) is 16.5 Å². The number of aromatic amines is 1. The van der Waals surface area contributed by atoms with Gasteiger partial charge in [0.25, 0.3) is 0 Å². The number of thiol groups is 1. The zero-order valence-electron chi connectivity index (χ0n) is 17.5. The van der Waals surface area contributed by atoms with Crippen molar-refractivity contribution in [2.75, 3.05) is 12.3 Å². The van der Waals surface area contributed by atoms with Crippen molar-refractivity contribution in [3.05, 3.63) is 36.0 Å². The average Bonchev–Trinajstić information content (AvgIpc) is 3.17. The molecular weight excluding hydrogens is 452 g/mol. The number of hydrogen-bond acceptors (Lipinski definition) is 7. The molecule has 0 aliphatic carbocycles. The second-order valence-corrected chi connectivity index (χ2v) is 7.62. The Bertz CT molecular complexity index is 1040. The molecule has 3 atom stereocenters. The summed E-state index contributed by atoms with van der Waals surface area (Å²) in [7, 11) is 0. The van der Waals surface area contributed by atoms with Crippen molar-refractivity contribution in [2.45, 2.75) is 31.0 Å². The highest BCUT2D eigenvalue weighted by atomic mass is 32.1. The molecule has 0 saturated carbocycles. The highest BCUT2D eigenvalue weighted by Gasteiger charge is 2.28. The topological polar surface area (TPSA) is 209 Å². The van der Waals surface area contributed by atoms with E-state index in [-0.39, 0.29) is 12.2 Å². The maximum absolute atomic E-state index is 12.6. The maximum Gasteiger partial charge on any atom is 0.322 e. The van der Waals surface area contributed by atoms with Crippen LogP contribution in [0, 0.1) is 0 Å². The van der Waals surface area contributed by atoms with Crippen LogP contribution in [0.1, 0.15) is 12.0 Å². The van der Waals surface area contributed by atoms with Crippen LogP contribution in [0.15, 0.2) is 30.5 Å². The van der Waals surface area contributed by atoms with E-state index < -0.39 is 60.7 Å². The lowest BCUT2D eigenvalue weighted by Crippen LogP contribution is -2.57. The lowest BCUT2D eigenvalue weighted by Gasteiger charge is -2.22. The first-order chi connectivity index (χ1) is 15.6. The number of carboxylic acid groups (broad SMARTS) is 1. The smallest absolute Gasteiger partial charge is 0.322 e. The molecule has 0 aliphatic rings. The van der Waals surface area contributed by atoms with E-state index in [1.54, 1.807) is 6.20 Å². The van der Waals surface area contributed by atoms with Gasteiger partial charge in [0.15, 0.2) is 0 Å². The number of hydrogen-bond donors (Lipinski definition) is 8. The molecule has 0 fully saturated rings. The summed E-state index contributed by atoms with van der Waals surface area (Å²) in [6.07, 6.45) is 1.40. The fourth-order valence-electron chi connectivity index (χ4n) is 3.07. The van der Waals surface area contributed by atoms with Crippen molar-refractivity contribution < 1.29 is 29.1 Å². The highest BCUT2D eigenvalue weighted by molar-refractivity contribution is 7.80. The third-order valence-corrected chi connectivity index (χ3v) is 5.08. The van der Waals surface area contributed by atoms with Gasteiger partial charge in [-0.1, -0.05) is 18.2 Å². The summed E-state index contributed by atoms with van der Waals surface area (Å²) in [6.45, 7) is -0.709. The Kier molecular flexibility index (Phi) is 9.24. The molecule has 0 bridgehead atoms. The van der Waals surface area contributed by atoms with Crippen molar-refractivity contribution in [3.8, 4) is 0 Å². The Balaban J connectivity index is 2.00. The molecule has 1 aromatic carbocycles. The van der Waals surface area contributed by atoms with Gasteiger partial charge in [0, 0.05) is 22.9 Å². The summed E-state index contributed by atoms with van der Waals surface area (Å²) in [4.78, 5) is 62.3. The maximum atomic E-state index is 12.6. The van der Waals surface area contributed by atoms with Gasteiger partial charge in [-0.05, 0) is 18.1 Å². The number of primary amides is 1. The molecule has 9 N–H and O–H groups in total. The predicted molar refractivity (Wildman–Crippen MR) is 122 cm³/mol. The summed E-state index contributed by atoms with van der Waals surface area (Å²) in [6, 6.07) is 3.95. The lowest BCUT2D eigenvalue weighted by atomic mass is 10.0. The standard InChI is InChI=1S/C20H26N6O6S/c21-12(5-10-7-23-13-4-2-1-3-11(10)13)18(30)26-15(9-33)20(32)25-14(6-16(22)27)19(31)24-8-17(28)29/h1-4,7,12,14-15,23,33H,5-6,8-9,21H2,(H2,22,27)(H,24,31)(H,25,32)(H,26,30)(H,28,29). The second-order valence-electron chi connectivity index (χ2n) is 7.26. The zero-order chi connectivity index (χ0) is 24.5. The van der Waals surface area contributed by atoms with Crippen LogP contribution in [0.2, 0.25) is 0 Å². The van der Waals surface area contributed by atoms with Crippen LogP contribution in [0.3, 0.4) is 0 Å². The molecule has 2 aromatic rings. The van der Waals surface area contributed by atoms with Gasteiger partial charge < -0.3 is 37.5 Å². The fourth-order valence-corrected chi connectivity index (χ4v) is 3.33. The third-order valence-electron chi connectivity index (χ3n) is 4.72. The van der Waals surface area contributed by atoms with Gasteiger partial charge in [-0.2, -0.15) is 12.6 Å². The minimum absolute atomic E-state index is 0.128. The normalized spacial score (nSPS) is 13.5. The quantitative estimate of drug-likeness (QED) is 0.161. The number of para-hydroxylation sites is 1. The molecule has 4 amide bonds. The summed E-state index contributed by atoms with van der Waals surface area (Å²) in [5.74, 6) is -4.66. The van der Waals surface area contributed by atoms with E-state index in [1.165, 1.54) is 0 Å². The first-order valence-corrected chi connectivity index (χ1v) is 10.6. The SMILES string of the molecule is NC(=O)CC(NC(=O)C(CS)NC(=O)C(N)Cc1c[nH]c2ccccc12)C(=O)NCC(=O)O.